The van der Waals surface area contributed by atoms with E-state index >= 15 is 0 Å². The van der Waals surface area contributed by atoms with Crippen LogP contribution in [0.5, 0.6) is 0 Å². The van der Waals surface area contributed by atoms with Gasteiger partial charge in [-0.05, 0) is 103 Å². The fourth-order valence-electron chi connectivity index (χ4n) is 7.64. The molecule has 0 saturated carbocycles. The van der Waals surface area contributed by atoms with Crippen molar-refractivity contribution in [3.05, 3.63) is 167 Å². The smallest absolute Gasteiger partial charge is 0.208 e. The fraction of sp³-hybridized carbons (Fsp3) is 0. The molecule has 3 nitrogen and oxygen atoms in total. The topological polar surface area (TPSA) is 51.2 Å². The lowest BCUT2D eigenvalue weighted by molar-refractivity contribution is 0.103. The maximum Gasteiger partial charge on any atom is 0.208 e. The monoisotopic (exact) mass is 742 g/mol. The van der Waals surface area contributed by atoms with Crippen molar-refractivity contribution >= 4 is 71.2 Å². The number of rotatable bonds is 5. The van der Waals surface area contributed by atoms with Crippen molar-refractivity contribution in [2.75, 3.05) is 0 Å². The van der Waals surface area contributed by atoms with Crippen LogP contribution in [0.25, 0.3) is 74.4 Å². The Labute approximate surface area is 312 Å². The van der Waals surface area contributed by atoms with E-state index < -0.39 is 9.84 Å². The number of sulfone groups is 1. The van der Waals surface area contributed by atoms with E-state index in [1.165, 1.54) is 42.1 Å². The van der Waals surface area contributed by atoms with Gasteiger partial charge in [-0.2, -0.15) is 0 Å². The molecule has 9 aromatic rings. The maximum absolute atomic E-state index is 14.0. The molecule has 1 aliphatic heterocycles. The highest BCUT2D eigenvalue weighted by atomic mass is 32.2. The molecule has 0 bridgehead atoms. The van der Waals surface area contributed by atoms with Crippen LogP contribution >= 0.6 is 34.0 Å². The number of hydrogen-bond donors (Lipinski definition) is 0. The Kier molecular flexibility index (Phi) is 7.27. The van der Waals surface area contributed by atoms with Crippen LogP contribution in [-0.2, 0) is 9.84 Å². The first-order chi connectivity index (χ1) is 25.5. The van der Waals surface area contributed by atoms with Gasteiger partial charge in [-0.3, -0.25) is 4.79 Å². The average molecular weight is 743 g/mol. The summed E-state index contributed by atoms with van der Waals surface area (Å²) < 4.78 is 27.5. The Bertz CT molecular complexity index is 3000. The zero-order valence-electron chi connectivity index (χ0n) is 27.4. The largest absolute Gasteiger partial charge is 0.288 e. The molecule has 6 aromatic carbocycles. The first-order valence-corrected chi connectivity index (χ1v) is 20.8. The first kappa shape index (κ1) is 31.3. The molecule has 248 valence electrons. The molecule has 1 aliphatic rings. The van der Waals surface area contributed by atoms with Gasteiger partial charge in [0.1, 0.15) is 0 Å². The van der Waals surface area contributed by atoms with Crippen LogP contribution in [0.15, 0.2) is 166 Å². The summed E-state index contributed by atoms with van der Waals surface area (Å²) in [6.45, 7) is 0. The minimum Gasteiger partial charge on any atom is -0.288 e. The number of benzene rings is 6. The summed E-state index contributed by atoms with van der Waals surface area (Å²) >= 11 is 5.38. The van der Waals surface area contributed by atoms with Crippen molar-refractivity contribution in [2.24, 2.45) is 0 Å². The van der Waals surface area contributed by atoms with E-state index in [-0.39, 0.29) is 26.7 Å². The lowest BCUT2D eigenvalue weighted by Crippen LogP contribution is -2.21. The summed E-state index contributed by atoms with van der Waals surface area (Å²) in [7, 11) is -3.87. The van der Waals surface area contributed by atoms with E-state index in [2.05, 4.69) is 95.7 Å². The minimum absolute atomic E-state index is 0.0570. The normalized spacial score (nSPS) is 13.3. The van der Waals surface area contributed by atoms with E-state index in [9.17, 15) is 13.2 Å². The van der Waals surface area contributed by atoms with Crippen molar-refractivity contribution in [3.8, 4) is 52.9 Å². The van der Waals surface area contributed by atoms with Gasteiger partial charge in [-0.15, -0.1) is 34.0 Å². The number of fused-ring (bicyclic) bond motifs is 4. The molecule has 10 rings (SSSR count). The zero-order valence-corrected chi connectivity index (χ0v) is 30.6. The summed E-state index contributed by atoms with van der Waals surface area (Å²) in [5.41, 5.74) is 6.48. The Morgan fingerprint density at radius 3 is 1.58 bits per heavy atom. The molecule has 3 aromatic heterocycles. The molecule has 0 fully saturated rings. The van der Waals surface area contributed by atoms with Gasteiger partial charge in [0.15, 0.2) is 5.78 Å². The molecular formula is C45H26O3S4. The van der Waals surface area contributed by atoms with Crippen LogP contribution < -0.4 is 0 Å². The molecule has 52 heavy (non-hydrogen) atoms. The van der Waals surface area contributed by atoms with Crippen LogP contribution in [0.3, 0.4) is 0 Å². The van der Waals surface area contributed by atoms with Gasteiger partial charge in [0.2, 0.25) is 9.84 Å². The maximum atomic E-state index is 14.0. The number of ketones is 1. The number of carbonyl (C=O) groups is 1. The third-order valence-corrected chi connectivity index (χ3v) is 15.0. The second-order valence-electron chi connectivity index (χ2n) is 12.7. The molecule has 4 heterocycles. The predicted octanol–water partition coefficient (Wildman–Crippen LogP) is 12.9. The van der Waals surface area contributed by atoms with Crippen LogP contribution in [0, 0.1) is 0 Å². The van der Waals surface area contributed by atoms with Gasteiger partial charge in [-0.25, -0.2) is 8.42 Å². The summed E-state index contributed by atoms with van der Waals surface area (Å²) in [6.07, 6.45) is 0. The Hall–Kier alpha value is -5.44. The van der Waals surface area contributed by atoms with Crippen molar-refractivity contribution in [1.29, 1.82) is 0 Å². The predicted molar refractivity (Wildman–Crippen MR) is 218 cm³/mol. The lowest BCUT2D eigenvalue weighted by Gasteiger charge is -2.22. The van der Waals surface area contributed by atoms with E-state index in [0.29, 0.717) is 5.56 Å². The van der Waals surface area contributed by atoms with Crippen LogP contribution in [-0.4, -0.2) is 14.2 Å². The molecular weight excluding hydrogens is 717 g/mol. The van der Waals surface area contributed by atoms with E-state index in [4.69, 9.17) is 0 Å². The van der Waals surface area contributed by atoms with Gasteiger partial charge in [0.05, 0.1) is 14.7 Å². The van der Waals surface area contributed by atoms with Gasteiger partial charge < -0.3 is 0 Å². The minimum atomic E-state index is -3.87. The van der Waals surface area contributed by atoms with Gasteiger partial charge in [0.25, 0.3) is 0 Å². The van der Waals surface area contributed by atoms with Crippen molar-refractivity contribution < 1.29 is 13.2 Å². The zero-order chi connectivity index (χ0) is 35.0. The van der Waals surface area contributed by atoms with Crippen LogP contribution in [0.4, 0.5) is 0 Å². The lowest BCUT2D eigenvalue weighted by atomic mass is 9.87. The van der Waals surface area contributed by atoms with Crippen LogP contribution in [0.1, 0.15) is 15.9 Å². The van der Waals surface area contributed by atoms with Crippen molar-refractivity contribution in [2.45, 2.75) is 9.79 Å². The van der Waals surface area contributed by atoms with Gasteiger partial charge >= 0.3 is 0 Å². The number of carbonyl (C=O) groups excluding carboxylic acids is 1. The fourth-order valence-corrected chi connectivity index (χ4v) is 12.2. The molecule has 0 aliphatic carbocycles. The second kappa shape index (κ2) is 12.1. The van der Waals surface area contributed by atoms with E-state index in [0.717, 1.165) is 32.8 Å². The molecule has 0 atom stereocenters. The number of hydrogen-bond acceptors (Lipinski definition) is 6. The summed E-state index contributed by atoms with van der Waals surface area (Å²) in [5, 5.41) is 8.60. The standard InChI is InChI=1S/C45H26O3S4/c46-44-37-9-1-2-20-41(37)52(47,48)42-21-7-18-35(43(42)44)33-16-5-12-29-27(10-3-14-31(29)33)28-11-4-15-32-30(28)13-6-17-34(32)36-24-26-50-45(36)40-23-22-39(51-40)38-19-8-25-49-38/h1-26H. The summed E-state index contributed by atoms with van der Waals surface area (Å²) in [4.78, 5) is 19.2. The Morgan fingerprint density at radius 1 is 0.385 bits per heavy atom. The molecule has 0 spiro atoms. The summed E-state index contributed by atoms with van der Waals surface area (Å²) in [5.74, 6) is -0.274. The van der Waals surface area contributed by atoms with E-state index in [1.54, 1.807) is 53.0 Å². The highest BCUT2D eigenvalue weighted by Gasteiger charge is 2.36. The van der Waals surface area contributed by atoms with E-state index in [1.807, 2.05) is 35.6 Å². The van der Waals surface area contributed by atoms with Crippen LogP contribution in [0.2, 0.25) is 0 Å². The first-order valence-electron chi connectivity index (χ1n) is 16.8. The third kappa shape index (κ3) is 4.74. The van der Waals surface area contributed by atoms with Gasteiger partial charge in [0, 0.05) is 31.3 Å². The highest BCUT2D eigenvalue weighted by molar-refractivity contribution is 7.91. The SMILES string of the molecule is O=C1c2ccccc2S(=O)(=O)c2cccc(-c3cccc4c(-c5cccc6c(-c7ccsc7-c7ccc(-c8cccs8)s7)cccc56)cccc34)c21. The summed E-state index contributed by atoms with van der Waals surface area (Å²) in [6, 6.07) is 48.0. The molecule has 0 saturated heterocycles. The highest BCUT2D eigenvalue weighted by Crippen LogP contribution is 2.47. The Balaban J connectivity index is 1.12. The quantitative estimate of drug-likeness (QED) is 0.176. The molecule has 0 radical (unpaired) electrons. The Morgan fingerprint density at radius 2 is 0.923 bits per heavy atom. The third-order valence-electron chi connectivity index (χ3n) is 9.94. The van der Waals surface area contributed by atoms with Crippen molar-refractivity contribution in [3.63, 3.8) is 0 Å². The van der Waals surface area contributed by atoms with Crippen molar-refractivity contribution in [1.82, 2.24) is 0 Å². The molecule has 0 unspecified atom stereocenters. The molecule has 7 heteroatoms. The molecule has 0 amide bonds. The second-order valence-corrected chi connectivity index (χ2v) is 17.6. The van der Waals surface area contributed by atoms with Gasteiger partial charge in [-0.1, -0.05) is 103 Å². The average Bonchev–Trinajstić information content (AvgIpc) is 3.99. The number of thiophene rings is 3. The molecule has 0 N–H and O–H groups in total.